The average Bonchev–Trinajstić information content (AvgIpc) is 3.92. The lowest BCUT2D eigenvalue weighted by Gasteiger charge is -2.22. The Morgan fingerprint density at radius 3 is 1.34 bits per heavy atom. The van der Waals surface area contributed by atoms with E-state index in [0.29, 0.717) is 0 Å². The molecule has 6 nitrogen and oxygen atoms in total. The van der Waals surface area contributed by atoms with Crippen molar-refractivity contribution >= 4 is 65.4 Å². The van der Waals surface area contributed by atoms with Crippen LogP contribution in [0.4, 0.5) is 0 Å². The van der Waals surface area contributed by atoms with Gasteiger partial charge in [0.2, 0.25) is 0 Å². The second kappa shape index (κ2) is 10.8. The van der Waals surface area contributed by atoms with E-state index in [0.717, 1.165) is 44.5 Å². The predicted molar refractivity (Wildman–Crippen MR) is 236 cm³/mol. The standard InChI is InChI=1S/C52H36N6/c1-51(2)39-11-7-5-9-35(39)37-19-21-41-45(47(37)51)49-43(25-53-27-55-49)57(41)31-15-17-33-29(23-31)13-14-30-24-32(16-18-34(30)33)58-42-22-20-38-36-10-6-8-12-40(36)52(3,4)48(38)46(42)50-44(58)26-54-28-56-50/h5-28H,1-4H3. The molecule has 0 amide bonds. The molecule has 6 heteroatoms. The number of aromatic nitrogens is 6. The maximum absolute atomic E-state index is 4.92. The zero-order valence-electron chi connectivity index (χ0n) is 32.5. The maximum Gasteiger partial charge on any atom is 0.116 e. The molecule has 274 valence electrons. The first-order valence-electron chi connectivity index (χ1n) is 20.0. The van der Waals surface area contributed by atoms with Gasteiger partial charge in [-0.1, -0.05) is 113 Å². The first-order valence-corrected chi connectivity index (χ1v) is 20.0. The zero-order valence-corrected chi connectivity index (χ0v) is 32.5. The highest BCUT2D eigenvalue weighted by molar-refractivity contribution is 6.15. The number of nitrogens with zero attached hydrogens (tertiary/aromatic N) is 6. The highest BCUT2D eigenvalue weighted by Crippen LogP contribution is 2.54. The van der Waals surface area contributed by atoms with Crippen LogP contribution in [0.1, 0.15) is 49.9 Å². The summed E-state index contributed by atoms with van der Waals surface area (Å²) in [5.41, 5.74) is 18.8. The van der Waals surface area contributed by atoms with Crippen molar-refractivity contribution in [1.29, 1.82) is 0 Å². The van der Waals surface area contributed by atoms with Gasteiger partial charge in [0.15, 0.2) is 0 Å². The Kier molecular flexibility index (Phi) is 5.96. The summed E-state index contributed by atoms with van der Waals surface area (Å²) in [6.07, 6.45) is 7.29. The van der Waals surface area contributed by atoms with E-state index in [1.807, 2.05) is 12.4 Å². The molecule has 0 saturated heterocycles. The Hall–Kier alpha value is -7.18. The van der Waals surface area contributed by atoms with Gasteiger partial charge in [0, 0.05) is 33.0 Å². The number of fused-ring (bicyclic) bond motifs is 17. The van der Waals surface area contributed by atoms with Crippen LogP contribution < -0.4 is 0 Å². The molecule has 0 radical (unpaired) electrons. The van der Waals surface area contributed by atoms with Crippen LogP contribution >= 0.6 is 0 Å². The van der Waals surface area contributed by atoms with Crippen LogP contribution in [0.15, 0.2) is 146 Å². The highest BCUT2D eigenvalue weighted by atomic mass is 15.0. The molecule has 4 heterocycles. The Morgan fingerprint density at radius 1 is 0.431 bits per heavy atom. The molecule has 2 aliphatic carbocycles. The summed E-state index contributed by atoms with van der Waals surface area (Å²) in [5, 5.41) is 7.20. The summed E-state index contributed by atoms with van der Waals surface area (Å²) in [6, 6.07) is 45.0. The first-order chi connectivity index (χ1) is 28.3. The largest absolute Gasteiger partial charge is 0.306 e. The molecule has 0 atom stereocenters. The van der Waals surface area contributed by atoms with Gasteiger partial charge in [-0.25, -0.2) is 19.9 Å². The lowest BCUT2D eigenvalue weighted by molar-refractivity contribution is 0.666. The molecule has 11 aromatic rings. The average molecular weight is 745 g/mol. The summed E-state index contributed by atoms with van der Waals surface area (Å²) in [4.78, 5) is 18.9. The Balaban J connectivity index is 0.976. The van der Waals surface area contributed by atoms with Crippen LogP contribution in [0.5, 0.6) is 0 Å². The van der Waals surface area contributed by atoms with E-state index < -0.39 is 0 Å². The molecular formula is C52H36N6. The van der Waals surface area contributed by atoms with Crippen molar-refractivity contribution in [3.63, 3.8) is 0 Å². The summed E-state index contributed by atoms with van der Waals surface area (Å²) in [7, 11) is 0. The summed E-state index contributed by atoms with van der Waals surface area (Å²) >= 11 is 0. The quantitative estimate of drug-likeness (QED) is 0.165. The molecule has 0 saturated carbocycles. The van der Waals surface area contributed by atoms with Gasteiger partial charge in [0.05, 0.1) is 34.5 Å². The fraction of sp³-hybridized carbons (Fsp3) is 0.115. The third kappa shape index (κ3) is 3.87. The van der Waals surface area contributed by atoms with E-state index in [2.05, 4.69) is 168 Å². The predicted octanol–water partition coefficient (Wildman–Crippen LogP) is 12.4. The third-order valence-electron chi connectivity index (χ3n) is 13.5. The first kappa shape index (κ1) is 32.0. The minimum Gasteiger partial charge on any atom is -0.306 e. The van der Waals surface area contributed by atoms with E-state index in [4.69, 9.17) is 9.97 Å². The van der Waals surface area contributed by atoms with Gasteiger partial charge in [-0.3, -0.25) is 0 Å². The minimum atomic E-state index is -0.161. The zero-order chi connectivity index (χ0) is 38.7. The molecule has 13 rings (SSSR count). The monoisotopic (exact) mass is 744 g/mol. The van der Waals surface area contributed by atoms with Crippen LogP contribution in [0.2, 0.25) is 0 Å². The van der Waals surface area contributed by atoms with Crippen LogP contribution in [0, 0.1) is 0 Å². The van der Waals surface area contributed by atoms with E-state index in [1.165, 1.54) is 76.8 Å². The van der Waals surface area contributed by atoms with Gasteiger partial charge in [-0.15, -0.1) is 0 Å². The van der Waals surface area contributed by atoms with Crippen LogP contribution in [-0.4, -0.2) is 29.1 Å². The number of hydrogen-bond donors (Lipinski definition) is 0. The molecule has 0 fully saturated rings. The SMILES string of the molecule is CC1(C)c2ccccc2-c2ccc3c(c21)c1ncncc1n3-c1ccc2c(ccc3cc(-n4c5cncnc5c5c6c(ccc54)-c4ccccc4C6(C)C)ccc32)c1. The number of hydrogen-bond acceptors (Lipinski definition) is 4. The maximum atomic E-state index is 4.92. The van der Waals surface area contributed by atoms with Gasteiger partial charge < -0.3 is 9.13 Å². The van der Waals surface area contributed by atoms with Crippen LogP contribution in [0.3, 0.4) is 0 Å². The Labute approximate surface area is 334 Å². The molecule has 7 aromatic carbocycles. The summed E-state index contributed by atoms with van der Waals surface area (Å²) in [6.45, 7) is 9.37. The fourth-order valence-electron chi connectivity index (χ4n) is 11.1. The van der Waals surface area contributed by atoms with Crippen LogP contribution in [0.25, 0.3) is 99.0 Å². The van der Waals surface area contributed by atoms with Gasteiger partial charge >= 0.3 is 0 Å². The van der Waals surface area contributed by atoms with Crippen molar-refractivity contribution in [1.82, 2.24) is 29.1 Å². The highest BCUT2D eigenvalue weighted by Gasteiger charge is 2.39. The van der Waals surface area contributed by atoms with Crippen molar-refractivity contribution in [3.8, 4) is 33.6 Å². The molecule has 58 heavy (non-hydrogen) atoms. The van der Waals surface area contributed by atoms with E-state index in [-0.39, 0.29) is 10.8 Å². The third-order valence-corrected chi connectivity index (χ3v) is 13.5. The Morgan fingerprint density at radius 2 is 0.879 bits per heavy atom. The molecule has 0 N–H and O–H groups in total. The second-order valence-electron chi connectivity index (χ2n) is 17.2. The summed E-state index contributed by atoms with van der Waals surface area (Å²) in [5.74, 6) is 0. The molecule has 0 bridgehead atoms. The molecular weight excluding hydrogens is 709 g/mol. The van der Waals surface area contributed by atoms with Gasteiger partial charge in [0.1, 0.15) is 23.7 Å². The Bertz CT molecular complexity index is 3400. The fourth-order valence-corrected chi connectivity index (χ4v) is 11.1. The van der Waals surface area contributed by atoms with Gasteiger partial charge in [-0.2, -0.15) is 0 Å². The molecule has 0 unspecified atom stereocenters. The lowest BCUT2D eigenvalue weighted by atomic mass is 9.81. The van der Waals surface area contributed by atoms with Crippen LogP contribution in [-0.2, 0) is 10.8 Å². The molecule has 4 aromatic heterocycles. The van der Waals surface area contributed by atoms with Crippen molar-refractivity contribution in [2.45, 2.75) is 38.5 Å². The normalized spacial score (nSPS) is 14.8. The molecule has 2 aliphatic rings. The van der Waals surface area contributed by atoms with E-state index in [1.54, 1.807) is 12.7 Å². The van der Waals surface area contributed by atoms with Crippen molar-refractivity contribution in [2.24, 2.45) is 0 Å². The minimum absolute atomic E-state index is 0.161. The van der Waals surface area contributed by atoms with Gasteiger partial charge in [0.25, 0.3) is 0 Å². The van der Waals surface area contributed by atoms with Crippen molar-refractivity contribution in [3.05, 3.63) is 169 Å². The van der Waals surface area contributed by atoms with Crippen molar-refractivity contribution in [2.75, 3.05) is 0 Å². The van der Waals surface area contributed by atoms with E-state index >= 15 is 0 Å². The van der Waals surface area contributed by atoms with Gasteiger partial charge in [-0.05, 0) is 102 Å². The number of benzene rings is 7. The van der Waals surface area contributed by atoms with Crippen molar-refractivity contribution < 1.29 is 0 Å². The smallest absolute Gasteiger partial charge is 0.116 e. The van der Waals surface area contributed by atoms with E-state index in [9.17, 15) is 0 Å². The topological polar surface area (TPSA) is 61.4 Å². The molecule has 0 aliphatic heterocycles. The summed E-state index contributed by atoms with van der Waals surface area (Å²) < 4.78 is 4.69. The number of rotatable bonds is 2. The lowest BCUT2D eigenvalue weighted by Crippen LogP contribution is -2.15. The molecule has 0 spiro atoms. The second-order valence-corrected chi connectivity index (χ2v) is 17.2.